The van der Waals surface area contributed by atoms with Crippen LogP contribution < -0.4 is 0 Å². The minimum Gasteiger partial charge on any atom is -0.392 e. The average Bonchev–Trinajstić information content (AvgIpc) is 1.96. The first-order valence-corrected chi connectivity index (χ1v) is 4.00. The highest BCUT2D eigenvalue weighted by Crippen LogP contribution is 2.21. The predicted molar refractivity (Wildman–Crippen MR) is 44.8 cm³/mol. The zero-order valence-corrected chi connectivity index (χ0v) is 7.65. The van der Waals surface area contributed by atoms with Crippen LogP contribution in [-0.2, 0) is 6.61 Å². The highest BCUT2D eigenvalue weighted by molar-refractivity contribution is 9.10. The van der Waals surface area contributed by atoms with Crippen molar-refractivity contribution in [3.8, 4) is 0 Å². The second-order valence-corrected chi connectivity index (χ2v) is 3.18. The van der Waals surface area contributed by atoms with Gasteiger partial charge in [-0.3, -0.25) is 0 Å². The molecule has 1 aromatic rings. The van der Waals surface area contributed by atoms with Crippen molar-refractivity contribution in [2.45, 2.75) is 13.5 Å². The Morgan fingerprint density at radius 1 is 1.55 bits per heavy atom. The Morgan fingerprint density at radius 3 is 2.73 bits per heavy atom. The molecule has 0 radical (unpaired) electrons. The number of halogens is 2. The van der Waals surface area contributed by atoms with Crippen molar-refractivity contribution in [1.29, 1.82) is 0 Å². The van der Waals surface area contributed by atoms with Gasteiger partial charge in [-0.25, -0.2) is 4.39 Å². The first-order chi connectivity index (χ1) is 5.15. The van der Waals surface area contributed by atoms with Crippen LogP contribution in [0.5, 0.6) is 0 Å². The van der Waals surface area contributed by atoms with E-state index in [-0.39, 0.29) is 12.4 Å². The maximum atomic E-state index is 12.7. The fourth-order valence-corrected chi connectivity index (χ4v) is 1.34. The quantitative estimate of drug-likeness (QED) is 0.768. The summed E-state index contributed by atoms with van der Waals surface area (Å²) in [6, 6.07) is 2.72. The summed E-state index contributed by atoms with van der Waals surface area (Å²) in [4.78, 5) is 0. The molecule has 0 aliphatic rings. The first-order valence-electron chi connectivity index (χ1n) is 3.20. The topological polar surface area (TPSA) is 20.2 Å². The molecule has 0 heterocycles. The van der Waals surface area contributed by atoms with E-state index in [0.29, 0.717) is 10.0 Å². The average molecular weight is 219 g/mol. The van der Waals surface area contributed by atoms with Crippen molar-refractivity contribution in [1.82, 2.24) is 0 Å². The molecule has 0 unspecified atom stereocenters. The third-order valence-corrected chi connectivity index (χ3v) is 2.41. The van der Waals surface area contributed by atoms with E-state index in [1.165, 1.54) is 12.1 Å². The molecule has 1 aromatic carbocycles. The Labute approximate surface area is 73.0 Å². The fourth-order valence-electron chi connectivity index (χ4n) is 0.863. The van der Waals surface area contributed by atoms with Gasteiger partial charge < -0.3 is 5.11 Å². The fraction of sp³-hybridized carbons (Fsp3) is 0.250. The van der Waals surface area contributed by atoms with Crippen LogP contribution in [0.4, 0.5) is 4.39 Å². The summed E-state index contributed by atoms with van der Waals surface area (Å²) in [5.74, 6) is -0.327. The van der Waals surface area contributed by atoms with Crippen molar-refractivity contribution in [3.05, 3.63) is 33.5 Å². The summed E-state index contributed by atoms with van der Waals surface area (Å²) < 4.78 is 13.3. The minimum absolute atomic E-state index is 0.123. The molecule has 0 fully saturated rings. The van der Waals surface area contributed by atoms with E-state index >= 15 is 0 Å². The number of aliphatic hydroxyl groups excluding tert-OH is 1. The Morgan fingerprint density at radius 2 is 2.18 bits per heavy atom. The van der Waals surface area contributed by atoms with Gasteiger partial charge in [-0.2, -0.15) is 0 Å². The van der Waals surface area contributed by atoms with E-state index in [4.69, 9.17) is 5.11 Å². The Balaban J connectivity index is 3.24. The zero-order chi connectivity index (χ0) is 8.43. The van der Waals surface area contributed by atoms with Gasteiger partial charge in [0.1, 0.15) is 5.82 Å². The number of rotatable bonds is 1. The molecule has 0 aliphatic carbocycles. The Bertz CT molecular complexity index is 273. The number of aliphatic hydroxyl groups is 1. The zero-order valence-electron chi connectivity index (χ0n) is 6.06. The lowest BCUT2D eigenvalue weighted by molar-refractivity contribution is 0.280. The van der Waals surface area contributed by atoms with Crippen molar-refractivity contribution < 1.29 is 9.50 Å². The van der Waals surface area contributed by atoms with E-state index in [0.717, 1.165) is 5.56 Å². The molecular weight excluding hydrogens is 211 g/mol. The van der Waals surface area contributed by atoms with E-state index in [2.05, 4.69) is 15.9 Å². The summed E-state index contributed by atoms with van der Waals surface area (Å²) in [6.45, 7) is 1.71. The maximum absolute atomic E-state index is 12.7. The van der Waals surface area contributed by atoms with Crippen LogP contribution >= 0.6 is 15.9 Å². The van der Waals surface area contributed by atoms with Gasteiger partial charge >= 0.3 is 0 Å². The summed E-state index contributed by atoms with van der Waals surface area (Å²) in [7, 11) is 0. The summed E-state index contributed by atoms with van der Waals surface area (Å²) in [5.41, 5.74) is 1.51. The smallest absolute Gasteiger partial charge is 0.124 e. The highest BCUT2D eigenvalue weighted by atomic mass is 79.9. The predicted octanol–water partition coefficient (Wildman–Crippen LogP) is 2.39. The molecule has 0 aliphatic heterocycles. The van der Waals surface area contributed by atoms with Gasteiger partial charge in [0.25, 0.3) is 0 Å². The number of benzene rings is 1. The van der Waals surface area contributed by atoms with E-state index in [9.17, 15) is 4.39 Å². The monoisotopic (exact) mass is 218 g/mol. The molecule has 1 N–H and O–H groups in total. The SMILES string of the molecule is Cc1c(Br)cc(F)cc1CO. The second kappa shape index (κ2) is 3.32. The van der Waals surface area contributed by atoms with Crippen LogP contribution in [0.1, 0.15) is 11.1 Å². The largest absolute Gasteiger partial charge is 0.392 e. The van der Waals surface area contributed by atoms with Gasteiger partial charge in [-0.15, -0.1) is 0 Å². The molecule has 3 heteroatoms. The van der Waals surface area contributed by atoms with Crippen molar-refractivity contribution in [3.63, 3.8) is 0 Å². The lowest BCUT2D eigenvalue weighted by Crippen LogP contribution is -1.91. The molecule has 11 heavy (non-hydrogen) atoms. The lowest BCUT2D eigenvalue weighted by Gasteiger charge is -2.03. The highest BCUT2D eigenvalue weighted by Gasteiger charge is 2.03. The van der Waals surface area contributed by atoms with Gasteiger partial charge in [-0.05, 0) is 30.2 Å². The van der Waals surface area contributed by atoms with Gasteiger partial charge in [-0.1, -0.05) is 15.9 Å². The third-order valence-electron chi connectivity index (χ3n) is 1.59. The molecule has 60 valence electrons. The molecule has 0 bridgehead atoms. The molecule has 0 saturated carbocycles. The summed E-state index contributed by atoms with van der Waals surface area (Å²) in [6.07, 6.45) is 0. The molecule has 0 aromatic heterocycles. The maximum Gasteiger partial charge on any atom is 0.124 e. The summed E-state index contributed by atoms with van der Waals surface area (Å²) in [5, 5.41) is 8.78. The minimum atomic E-state index is -0.327. The molecule has 0 atom stereocenters. The summed E-state index contributed by atoms with van der Waals surface area (Å²) >= 11 is 3.19. The Hall–Kier alpha value is -0.410. The van der Waals surface area contributed by atoms with E-state index < -0.39 is 0 Å². The lowest BCUT2D eigenvalue weighted by atomic mass is 10.1. The van der Waals surface area contributed by atoms with Gasteiger partial charge in [0.2, 0.25) is 0 Å². The molecular formula is C8H8BrFO. The number of hydrogen-bond acceptors (Lipinski definition) is 1. The van der Waals surface area contributed by atoms with Gasteiger partial charge in [0, 0.05) is 4.47 Å². The van der Waals surface area contributed by atoms with Crippen LogP contribution in [0.2, 0.25) is 0 Å². The molecule has 0 amide bonds. The van der Waals surface area contributed by atoms with Crippen LogP contribution in [0.15, 0.2) is 16.6 Å². The van der Waals surface area contributed by atoms with Crippen LogP contribution in [0.25, 0.3) is 0 Å². The standard InChI is InChI=1S/C8H8BrFO/c1-5-6(4-11)2-7(10)3-8(5)9/h2-3,11H,4H2,1H3. The second-order valence-electron chi connectivity index (χ2n) is 2.33. The van der Waals surface area contributed by atoms with Crippen LogP contribution in [0, 0.1) is 12.7 Å². The molecule has 0 spiro atoms. The van der Waals surface area contributed by atoms with Gasteiger partial charge in [0.15, 0.2) is 0 Å². The van der Waals surface area contributed by atoms with Crippen LogP contribution in [-0.4, -0.2) is 5.11 Å². The Kier molecular flexibility index (Phi) is 2.62. The first kappa shape index (κ1) is 8.68. The molecule has 0 saturated heterocycles. The van der Waals surface area contributed by atoms with Crippen LogP contribution in [0.3, 0.4) is 0 Å². The normalized spacial score (nSPS) is 10.2. The van der Waals surface area contributed by atoms with Gasteiger partial charge in [0.05, 0.1) is 6.61 Å². The van der Waals surface area contributed by atoms with Crippen molar-refractivity contribution >= 4 is 15.9 Å². The van der Waals surface area contributed by atoms with Crippen molar-refractivity contribution in [2.75, 3.05) is 0 Å². The van der Waals surface area contributed by atoms with Crippen molar-refractivity contribution in [2.24, 2.45) is 0 Å². The number of hydrogen-bond donors (Lipinski definition) is 1. The molecule has 1 rings (SSSR count). The van der Waals surface area contributed by atoms with E-state index in [1.54, 1.807) is 0 Å². The molecule has 1 nitrogen and oxygen atoms in total. The van der Waals surface area contributed by atoms with E-state index in [1.807, 2.05) is 6.92 Å². The third kappa shape index (κ3) is 1.79.